The quantitative estimate of drug-likeness (QED) is 0.370. The van der Waals surface area contributed by atoms with Crippen LogP contribution in [0.25, 0.3) is 0 Å². The fraction of sp³-hybridized carbons (Fsp3) is 0.769. The molecule has 0 heteroatoms. The van der Waals surface area contributed by atoms with Crippen LogP contribution in [0.2, 0.25) is 0 Å². The molecule has 0 nitrogen and oxygen atoms in total. The van der Waals surface area contributed by atoms with Crippen LogP contribution in [0.4, 0.5) is 0 Å². The van der Waals surface area contributed by atoms with Gasteiger partial charge in [0.05, 0.1) is 0 Å². The fourth-order valence-corrected chi connectivity index (χ4v) is 1.23. The van der Waals surface area contributed by atoms with E-state index in [2.05, 4.69) is 31.7 Å². The van der Waals surface area contributed by atoms with Gasteiger partial charge < -0.3 is 0 Å². The second-order valence-corrected chi connectivity index (χ2v) is 3.57. The molecule has 0 spiro atoms. The van der Waals surface area contributed by atoms with Gasteiger partial charge in [-0.1, -0.05) is 39.5 Å². The van der Waals surface area contributed by atoms with Crippen LogP contribution < -0.4 is 0 Å². The molecule has 0 aromatic rings. The minimum absolute atomic E-state index is 1.20. The van der Waals surface area contributed by atoms with Gasteiger partial charge in [0.2, 0.25) is 0 Å². The molecule has 0 atom stereocenters. The molecule has 0 amide bonds. The van der Waals surface area contributed by atoms with Crippen molar-refractivity contribution in [1.29, 1.82) is 0 Å². The van der Waals surface area contributed by atoms with E-state index in [0.29, 0.717) is 0 Å². The minimum atomic E-state index is 1.20. The van der Waals surface area contributed by atoms with Crippen molar-refractivity contribution in [2.45, 2.75) is 65.2 Å². The maximum Gasteiger partial charge on any atom is -0.0274 e. The van der Waals surface area contributed by atoms with Crippen LogP contribution in [0, 0.1) is 0 Å². The largest absolute Gasteiger partial charge is 0.130 e. The summed E-state index contributed by atoms with van der Waals surface area (Å²) < 4.78 is 0. The molecule has 0 aliphatic carbocycles. The molecule has 0 aromatic heterocycles. The average molecular weight is 180 g/mol. The Morgan fingerprint density at radius 2 is 1.38 bits per heavy atom. The Morgan fingerprint density at radius 3 is 2.00 bits per heavy atom. The topological polar surface area (TPSA) is 0 Å². The van der Waals surface area contributed by atoms with E-state index in [0.717, 1.165) is 0 Å². The second kappa shape index (κ2) is 11.5. The Labute approximate surface area is 83.7 Å². The molecule has 0 bridgehead atoms. The summed E-state index contributed by atoms with van der Waals surface area (Å²) in [7, 11) is 0. The molecule has 0 aliphatic heterocycles. The third-order valence-electron chi connectivity index (χ3n) is 2.14. The maximum absolute atomic E-state index is 3.25. The summed E-state index contributed by atoms with van der Waals surface area (Å²) in [6.45, 7) is 4.47. The summed E-state index contributed by atoms with van der Waals surface area (Å²) in [6, 6.07) is 0. The highest BCUT2D eigenvalue weighted by molar-refractivity contribution is 4.84. The van der Waals surface area contributed by atoms with Gasteiger partial charge >= 0.3 is 0 Å². The van der Waals surface area contributed by atoms with Crippen molar-refractivity contribution in [1.82, 2.24) is 0 Å². The lowest BCUT2D eigenvalue weighted by Gasteiger charge is -1.92. The normalized spacial score (nSPS) is 9.38. The van der Waals surface area contributed by atoms with E-state index < -0.39 is 0 Å². The third-order valence-corrected chi connectivity index (χ3v) is 2.14. The van der Waals surface area contributed by atoms with E-state index in [1.165, 1.54) is 51.4 Å². The SMILES string of the molecule is CCCCC=C=CCCCCCC. The van der Waals surface area contributed by atoms with Gasteiger partial charge in [0.15, 0.2) is 0 Å². The maximum atomic E-state index is 3.25. The summed E-state index contributed by atoms with van der Waals surface area (Å²) in [5, 5.41) is 0. The number of allylic oxidation sites excluding steroid dienone is 1. The molecule has 0 saturated heterocycles. The number of unbranched alkanes of at least 4 members (excludes halogenated alkanes) is 6. The molecular formula is C13H24. The predicted octanol–water partition coefficient (Wildman–Crippen LogP) is 4.86. The number of hydrogen-bond acceptors (Lipinski definition) is 0. The lowest BCUT2D eigenvalue weighted by atomic mass is 10.1. The minimum Gasteiger partial charge on any atom is -0.130 e. The molecular weight excluding hydrogens is 156 g/mol. The highest BCUT2D eigenvalue weighted by Crippen LogP contribution is 2.02. The van der Waals surface area contributed by atoms with Gasteiger partial charge in [-0.2, -0.15) is 0 Å². The van der Waals surface area contributed by atoms with Crippen molar-refractivity contribution in [3.8, 4) is 0 Å². The van der Waals surface area contributed by atoms with Gasteiger partial charge in [-0.05, 0) is 37.8 Å². The monoisotopic (exact) mass is 180 g/mol. The zero-order valence-corrected chi connectivity index (χ0v) is 9.31. The van der Waals surface area contributed by atoms with Crippen LogP contribution >= 0.6 is 0 Å². The molecule has 0 unspecified atom stereocenters. The third kappa shape index (κ3) is 11.5. The Hall–Kier alpha value is -0.480. The Balaban J connectivity index is 3.15. The van der Waals surface area contributed by atoms with Crippen molar-refractivity contribution in [2.24, 2.45) is 0 Å². The van der Waals surface area contributed by atoms with E-state index >= 15 is 0 Å². The van der Waals surface area contributed by atoms with Crippen molar-refractivity contribution in [3.05, 3.63) is 17.9 Å². The molecule has 0 aromatic carbocycles. The van der Waals surface area contributed by atoms with Gasteiger partial charge in [0.1, 0.15) is 0 Å². The van der Waals surface area contributed by atoms with Gasteiger partial charge in [-0.3, -0.25) is 0 Å². The molecule has 76 valence electrons. The first-order valence-electron chi connectivity index (χ1n) is 5.81. The van der Waals surface area contributed by atoms with Gasteiger partial charge in [0.25, 0.3) is 0 Å². The molecule has 0 heterocycles. The van der Waals surface area contributed by atoms with Crippen molar-refractivity contribution < 1.29 is 0 Å². The lowest BCUT2D eigenvalue weighted by Crippen LogP contribution is -1.72. The van der Waals surface area contributed by atoms with Crippen LogP contribution in [-0.2, 0) is 0 Å². The second-order valence-electron chi connectivity index (χ2n) is 3.57. The highest BCUT2D eigenvalue weighted by atomic mass is 13.9. The summed E-state index contributed by atoms with van der Waals surface area (Å²) in [4.78, 5) is 0. The molecule has 0 fully saturated rings. The van der Waals surface area contributed by atoms with Crippen molar-refractivity contribution in [3.63, 3.8) is 0 Å². The molecule has 0 aliphatic rings. The van der Waals surface area contributed by atoms with Crippen LogP contribution in [0.15, 0.2) is 17.9 Å². The first-order valence-corrected chi connectivity index (χ1v) is 5.81. The first kappa shape index (κ1) is 12.5. The zero-order valence-electron chi connectivity index (χ0n) is 9.31. The van der Waals surface area contributed by atoms with Crippen molar-refractivity contribution >= 4 is 0 Å². The molecule has 0 rings (SSSR count). The van der Waals surface area contributed by atoms with E-state index in [1.807, 2.05) is 0 Å². The standard InChI is InChI=1S/C13H24/c1-3-5-7-9-11-13-12-10-8-6-4-2/h9,13H,3-8,10,12H2,1-2H3. The number of rotatable bonds is 8. The van der Waals surface area contributed by atoms with Crippen LogP contribution in [-0.4, -0.2) is 0 Å². The summed E-state index contributed by atoms with van der Waals surface area (Å²) in [6.07, 6.45) is 14.8. The summed E-state index contributed by atoms with van der Waals surface area (Å²) in [5.41, 5.74) is 3.25. The van der Waals surface area contributed by atoms with Gasteiger partial charge in [0, 0.05) is 0 Å². The van der Waals surface area contributed by atoms with Crippen molar-refractivity contribution in [2.75, 3.05) is 0 Å². The molecule has 0 radical (unpaired) electrons. The molecule has 13 heavy (non-hydrogen) atoms. The first-order chi connectivity index (χ1) is 6.41. The van der Waals surface area contributed by atoms with E-state index in [-0.39, 0.29) is 0 Å². The van der Waals surface area contributed by atoms with Gasteiger partial charge in [-0.15, -0.1) is 5.73 Å². The summed E-state index contributed by atoms with van der Waals surface area (Å²) in [5.74, 6) is 0. The number of hydrogen-bond donors (Lipinski definition) is 0. The van der Waals surface area contributed by atoms with E-state index in [9.17, 15) is 0 Å². The Morgan fingerprint density at radius 1 is 0.769 bits per heavy atom. The average Bonchev–Trinajstić information content (AvgIpc) is 2.16. The van der Waals surface area contributed by atoms with Crippen LogP contribution in [0.1, 0.15) is 65.2 Å². The summed E-state index contributed by atoms with van der Waals surface area (Å²) >= 11 is 0. The molecule has 0 saturated carbocycles. The van der Waals surface area contributed by atoms with Crippen LogP contribution in [0.3, 0.4) is 0 Å². The van der Waals surface area contributed by atoms with Gasteiger partial charge in [-0.25, -0.2) is 0 Å². The Kier molecular flexibility index (Phi) is 11.1. The molecule has 0 N–H and O–H groups in total. The lowest BCUT2D eigenvalue weighted by molar-refractivity contribution is 0.674. The predicted molar refractivity (Wildman–Crippen MR) is 60.9 cm³/mol. The van der Waals surface area contributed by atoms with E-state index in [4.69, 9.17) is 0 Å². The van der Waals surface area contributed by atoms with E-state index in [1.54, 1.807) is 0 Å². The fourth-order valence-electron chi connectivity index (χ4n) is 1.23. The smallest absolute Gasteiger partial charge is 0.0274 e. The highest BCUT2D eigenvalue weighted by Gasteiger charge is 1.83. The Bertz CT molecular complexity index is 138. The van der Waals surface area contributed by atoms with Crippen LogP contribution in [0.5, 0.6) is 0 Å². The zero-order chi connectivity index (χ0) is 9.78.